The van der Waals surface area contributed by atoms with E-state index in [2.05, 4.69) is 30.3 Å². The summed E-state index contributed by atoms with van der Waals surface area (Å²) >= 11 is 0. The number of piperidine rings is 1. The first-order chi connectivity index (χ1) is 14.2. The highest BCUT2D eigenvalue weighted by Gasteiger charge is 2.26. The minimum atomic E-state index is -0.00224. The zero-order valence-corrected chi connectivity index (χ0v) is 16.2. The Bertz CT molecular complexity index is 953. The summed E-state index contributed by atoms with van der Waals surface area (Å²) in [4.78, 5) is 27.3. The number of benzene rings is 1. The van der Waals surface area contributed by atoms with Gasteiger partial charge in [0.05, 0.1) is 7.11 Å². The third-order valence-corrected chi connectivity index (χ3v) is 5.13. The predicted octanol–water partition coefficient (Wildman–Crippen LogP) is 1.60. The standard InChI is InChI=1S/C20H23N7O2/c1-29-17-5-3-2-4-16(17)11-22-20(28)15-6-8-26(9-7-15)18-10-19(24-13-23-18)27-14-21-12-25-27/h2-5,10,12-15H,6-9,11H2,1H3,(H,22,28). The maximum Gasteiger partial charge on any atom is 0.223 e. The summed E-state index contributed by atoms with van der Waals surface area (Å²) in [5, 5.41) is 7.14. The number of carbonyl (C=O) groups is 1. The lowest BCUT2D eigenvalue weighted by Gasteiger charge is -2.32. The summed E-state index contributed by atoms with van der Waals surface area (Å²) in [6, 6.07) is 9.61. The largest absolute Gasteiger partial charge is 0.496 e. The SMILES string of the molecule is COc1ccccc1CNC(=O)C1CCN(c2cc(-n3cncn3)ncn2)CC1. The van der Waals surface area contributed by atoms with Crippen LogP contribution in [0.5, 0.6) is 5.75 Å². The normalized spacial score (nSPS) is 14.6. The number of nitrogens with one attached hydrogen (secondary N) is 1. The quantitative estimate of drug-likeness (QED) is 0.679. The summed E-state index contributed by atoms with van der Waals surface area (Å²) < 4.78 is 6.94. The van der Waals surface area contributed by atoms with Crippen LogP contribution >= 0.6 is 0 Å². The van der Waals surface area contributed by atoms with E-state index in [0.717, 1.165) is 43.1 Å². The van der Waals surface area contributed by atoms with E-state index in [4.69, 9.17) is 4.74 Å². The second kappa shape index (κ2) is 8.68. The molecule has 1 aliphatic heterocycles. The first-order valence-electron chi connectivity index (χ1n) is 9.56. The van der Waals surface area contributed by atoms with Gasteiger partial charge in [-0.2, -0.15) is 5.10 Å². The Morgan fingerprint density at radius 2 is 1.97 bits per heavy atom. The van der Waals surface area contributed by atoms with Crippen molar-refractivity contribution in [3.05, 3.63) is 54.9 Å². The van der Waals surface area contributed by atoms with E-state index in [1.165, 1.54) is 12.7 Å². The van der Waals surface area contributed by atoms with Gasteiger partial charge < -0.3 is 15.0 Å². The maximum atomic E-state index is 12.6. The van der Waals surface area contributed by atoms with Crippen molar-refractivity contribution >= 4 is 11.7 Å². The molecule has 9 nitrogen and oxygen atoms in total. The molecule has 1 fully saturated rings. The molecule has 0 atom stereocenters. The monoisotopic (exact) mass is 393 g/mol. The Hall–Kier alpha value is -3.49. The predicted molar refractivity (Wildman–Crippen MR) is 107 cm³/mol. The Kier molecular flexibility index (Phi) is 5.64. The van der Waals surface area contributed by atoms with Gasteiger partial charge in [-0.05, 0) is 18.9 Å². The van der Waals surface area contributed by atoms with Crippen LogP contribution in [0.4, 0.5) is 5.82 Å². The van der Waals surface area contributed by atoms with Gasteiger partial charge in [0.1, 0.15) is 30.5 Å². The summed E-state index contributed by atoms with van der Waals surface area (Å²) in [7, 11) is 1.64. The summed E-state index contributed by atoms with van der Waals surface area (Å²) in [6.45, 7) is 2.00. The van der Waals surface area contributed by atoms with Gasteiger partial charge in [-0.1, -0.05) is 18.2 Å². The smallest absolute Gasteiger partial charge is 0.223 e. The van der Waals surface area contributed by atoms with Crippen LogP contribution in [0.2, 0.25) is 0 Å². The Balaban J connectivity index is 1.32. The lowest BCUT2D eigenvalue weighted by molar-refractivity contribution is -0.125. The number of amides is 1. The minimum absolute atomic E-state index is 0.00224. The van der Waals surface area contributed by atoms with Crippen molar-refractivity contribution in [2.24, 2.45) is 5.92 Å². The van der Waals surface area contributed by atoms with Crippen LogP contribution in [0.25, 0.3) is 5.82 Å². The van der Waals surface area contributed by atoms with Gasteiger partial charge in [-0.25, -0.2) is 19.6 Å². The highest BCUT2D eigenvalue weighted by atomic mass is 16.5. The van der Waals surface area contributed by atoms with Crippen LogP contribution in [0.1, 0.15) is 18.4 Å². The van der Waals surface area contributed by atoms with Crippen LogP contribution in [0, 0.1) is 5.92 Å². The van der Waals surface area contributed by atoms with Crippen molar-refractivity contribution in [1.82, 2.24) is 30.0 Å². The molecule has 0 radical (unpaired) electrons. The van der Waals surface area contributed by atoms with Crippen molar-refractivity contribution < 1.29 is 9.53 Å². The van der Waals surface area contributed by atoms with E-state index in [1.54, 1.807) is 18.1 Å². The molecular formula is C20H23N7O2. The number of rotatable bonds is 6. The van der Waals surface area contributed by atoms with Crippen molar-refractivity contribution in [3.8, 4) is 11.6 Å². The maximum absolute atomic E-state index is 12.6. The molecule has 0 saturated carbocycles. The van der Waals surface area contributed by atoms with Crippen molar-refractivity contribution in [1.29, 1.82) is 0 Å². The third kappa shape index (κ3) is 4.34. The molecule has 150 valence electrons. The Morgan fingerprint density at radius 1 is 1.17 bits per heavy atom. The third-order valence-electron chi connectivity index (χ3n) is 5.13. The van der Waals surface area contributed by atoms with E-state index in [0.29, 0.717) is 12.4 Å². The molecule has 0 spiro atoms. The highest BCUT2D eigenvalue weighted by molar-refractivity contribution is 5.79. The molecule has 3 heterocycles. The number of hydrogen-bond acceptors (Lipinski definition) is 7. The van der Waals surface area contributed by atoms with Crippen molar-refractivity contribution in [3.63, 3.8) is 0 Å². The fourth-order valence-corrected chi connectivity index (χ4v) is 3.51. The molecule has 0 aliphatic carbocycles. The van der Waals surface area contributed by atoms with Crippen molar-refractivity contribution in [2.75, 3.05) is 25.1 Å². The molecule has 29 heavy (non-hydrogen) atoms. The number of anilines is 1. The van der Waals surface area contributed by atoms with E-state index in [1.807, 2.05) is 30.3 Å². The molecule has 9 heteroatoms. The van der Waals surface area contributed by atoms with E-state index < -0.39 is 0 Å². The fraction of sp³-hybridized carbons (Fsp3) is 0.350. The van der Waals surface area contributed by atoms with Crippen molar-refractivity contribution in [2.45, 2.75) is 19.4 Å². The fourth-order valence-electron chi connectivity index (χ4n) is 3.51. The topological polar surface area (TPSA) is 98.1 Å². The summed E-state index contributed by atoms with van der Waals surface area (Å²) in [5.41, 5.74) is 0.974. The Morgan fingerprint density at radius 3 is 2.72 bits per heavy atom. The van der Waals surface area contributed by atoms with Crippen LogP contribution in [0.3, 0.4) is 0 Å². The van der Waals surface area contributed by atoms with E-state index in [-0.39, 0.29) is 11.8 Å². The number of methoxy groups -OCH3 is 1. The first-order valence-corrected chi connectivity index (χ1v) is 9.56. The van der Waals surface area contributed by atoms with Crippen LogP contribution in [-0.4, -0.2) is 50.8 Å². The van der Waals surface area contributed by atoms with Crippen LogP contribution in [-0.2, 0) is 11.3 Å². The molecular weight excluding hydrogens is 370 g/mol. The lowest BCUT2D eigenvalue weighted by Crippen LogP contribution is -2.40. The molecule has 1 aromatic carbocycles. The summed E-state index contributed by atoms with van der Waals surface area (Å²) in [6.07, 6.45) is 6.15. The number of carbonyl (C=O) groups excluding carboxylic acids is 1. The van der Waals surface area contributed by atoms with Gasteiger partial charge in [-0.15, -0.1) is 0 Å². The van der Waals surface area contributed by atoms with Crippen LogP contribution in [0.15, 0.2) is 49.3 Å². The van der Waals surface area contributed by atoms with E-state index >= 15 is 0 Å². The molecule has 4 rings (SSSR count). The summed E-state index contributed by atoms with van der Waals surface area (Å²) in [5.74, 6) is 2.37. The molecule has 1 amide bonds. The zero-order chi connectivity index (χ0) is 20.1. The second-order valence-electron chi connectivity index (χ2n) is 6.87. The second-order valence-corrected chi connectivity index (χ2v) is 6.87. The molecule has 2 aromatic heterocycles. The van der Waals surface area contributed by atoms with Gasteiger partial charge >= 0.3 is 0 Å². The molecule has 0 unspecified atom stereocenters. The van der Waals surface area contributed by atoms with Crippen LogP contribution < -0.4 is 15.0 Å². The van der Waals surface area contributed by atoms with Gasteiger partial charge in [0.2, 0.25) is 5.91 Å². The molecule has 3 aromatic rings. The molecule has 1 aliphatic rings. The average molecular weight is 393 g/mol. The zero-order valence-electron chi connectivity index (χ0n) is 16.2. The van der Waals surface area contributed by atoms with Gasteiger partial charge in [0.25, 0.3) is 0 Å². The highest BCUT2D eigenvalue weighted by Crippen LogP contribution is 2.23. The minimum Gasteiger partial charge on any atom is -0.496 e. The number of para-hydroxylation sites is 1. The number of hydrogen-bond donors (Lipinski definition) is 1. The van der Waals surface area contributed by atoms with E-state index in [9.17, 15) is 4.79 Å². The van der Waals surface area contributed by atoms with Gasteiger partial charge in [0, 0.05) is 37.2 Å². The Labute approximate surface area is 168 Å². The lowest BCUT2D eigenvalue weighted by atomic mass is 9.96. The number of ether oxygens (including phenoxy) is 1. The molecule has 0 bridgehead atoms. The molecule has 1 saturated heterocycles. The number of aromatic nitrogens is 5. The number of nitrogens with zero attached hydrogens (tertiary/aromatic N) is 6. The average Bonchev–Trinajstić information content (AvgIpc) is 3.33. The first kappa shape index (κ1) is 18.9. The molecule has 1 N–H and O–H groups in total. The van der Waals surface area contributed by atoms with Gasteiger partial charge in [-0.3, -0.25) is 4.79 Å². The van der Waals surface area contributed by atoms with Gasteiger partial charge in [0.15, 0.2) is 5.82 Å².